The van der Waals surface area contributed by atoms with Gasteiger partial charge in [0, 0.05) is 11.7 Å². The van der Waals surface area contributed by atoms with Gasteiger partial charge >= 0.3 is 0 Å². The molecule has 0 aromatic heterocycles. The summed E-state index contributed by atoms with van der Waals surface area (Å²) >= 11 is 0. The molecule has 0 aliphatic rings. The Hall–Kier alpha value is -1.60. The Bertz CT molecular complexity index is 568. The number of anilines is 1. The van der Waals surface area contributed by atoms with Crippen LogP contribution in [0.1, 0.15) is 19.4 Å². The monoisotopic (exact) mass is 285 g/mol. The Morgan fingerprint density at radius 3 is 2.53 bits per heavy atom. The second kappa shape index (κ2) is 6.03. The number of amides is 1. The smallest absolute Gasteiger partial charge is 0.241 e. The normalized spacial score (nSPS) is 11.6. The van der Waals surface area contributed by atoms with Gasteiger partial charge in [0.2, 0.25) is 15.9 Å². The number of nitrogens with two attached hydrogens (primary N) is 1. The number of aryl methyl sites for hydroxylation is 1. The summed E-state index contributed by atoms with van der Waals surface area (Å²) in [6.45, 7) is 5.04. The highest BCUT2D eigenvalue weighted by Crippen LogP contribution is 2.16. The Morgan fingerprint density at radius 2 is 2.00 bits per heavy atom. The fourth-order valence-electron chi connectivity index (χ4n) is 1.43. The predicted octanol–water partition coefficient (Wildman–Crippen LogP) is 0.380. The van der Waals surface area contributed by atoms with E-state index < -0.39 is 10.0 Å². The maximum absolute atomic E-state index is 12.0. The van der Waals surface area contributed by atoms with Gasteiger partial charge in [-0.2, -0.15) is 0 Å². The number of rotatable bonds is 5. The molecule has 0 fully saturated rings. The van der Waals surface area contributed by atoms with Gasteiger partial charge in [0.25, 0.3) is 0 Å². The van der Waals surface area contributed by atoms with Crippen LogP contribution in [0.5, 0.6) is 0 Å². The first-order valence-corrected chi connectivity index (χ1v) is 7.36. The zero-order valence-electron chi connectivity index (χ0n) is 11.2. The van der Waals surface area contributed by atoms with Crippen LogP contribution in [0.25, 0.3) is 0 Å². The van der Waals surface area contributed by atoms with Crippen molar-refractivity contribution < 1.29 is 13.2 Å². The van der Waals surface area contributed by atoms with E-state index in [0.717, 1.165) is 0 Å². The minimum absolute atomic E-state index is 0.0317. The quantitative estimate of drug-likeness (QED) is 0.681. The summed E-state index contributed by atoms with van der Waals surface area (Å²) in [4.78, 5) is 11.5. The van der Waals surface area contributed by atoms with Gasteiger partial charge in [0.15, 0.2) is 0 Å². The summed E-state index contributed by atoms with van der Waals surface area (Å²) in [5.41, 5.74) is 6.83. The first kappa shape index (κ1) is 15.5. The summed E-state index contributed by atoms with van der Waals surface area (Å²) in [5.74, 6) is -0.370. The molecule has 1 rings (SSSR count). The third-order valence-corrected chi connectivity index (χ3v) is 3.82. The largest absolute Gasteiger partial charge is 0.399 e. The highest BCUT2D eigenvalue weighted by atomic mass is 32.2. The molecule has 0 aliphatic carbocycles. The van der Waals surface area contributed by atoms with Gasteiger partial charge in [-0.1, -0.05) is 0 Å². The number of hydrogen-bond acceptors (Lipinski definition) is 4. The highest BCUT2D eigenvalue weighted by Gasteiger charge is 2.16. The van der Waals surface area contributed by atoms with Gasteiger partial charge in [-0.15, -0.1) is 0 Å². The standard InChI is InChI=1S/C12H19N3O3S/c1-8(2)15-12(16)7-14-19(17,18)10-4-5-11(13)9(3)6-10/h4-6,8,14H,7,13H2,1-3H3,(H,15,16). The molecule has 0 bridgehead atoms. The molecular weight excluding hydrogens is 266 g/mol. The summed E-state index contributed by atoms with van der Waals surface area (Å²) in [5, 5.41) is 2.60. The molecule has 106 valence electrons. The minimum atomic E-state index is -3.70. The van der Waals surface area contributed by atoms with Crippen molar-refractivity contribution in [2.24, 2.45) is 0 Å². The van der Waals surface area contributed by atoms with Crippen molar-refractivity contribution in [1.29, 1.82) is 0 Å². The van der Waals surface area contributed by atoms with Crippen LogP contribution in [0.3, 0.4) is 0 Å². The predicted molar refractivity (Wildman–Crippen MR) is 74.1 cm³/mol. The van der Waals surface area contributed by atoms with Crippen molar-refractivity contribution in [2.45, 2.75) is 31.7 Å². The Kier molecular flexibility index (Phi) is 4.90. The molecule has 1 aromatic carbocycles. The van der Waals surface area contributed by atoms with Crippen LogP contribution < -0.4 is 15.8 Å². The molecule has 19 heavy (non-hydrogen) atoms. The zero-order chi connectivity index (χ0) is 14.6. The molecule has 1 amide bonds. The van der Waals surface area contributed by atoms with Crippen LogP contribution in [-0.2, 0) is 14.8 Å². The van der Waals surface area contributed by atoms with Gasteiger partial charge in [-0.05, 0) is 44.5 Å². The average molecular weight is 285 g/mol. The number of carbonyl (C=O) groups excluding carboxylic acids is 1. The Labute approximate surface area is 113 Å². The molecule has 6 nitrogen and oxygen atoms in total. The van der Waals surface area contributed by atoms with E-state index in [1.165, 1.54) is 18.2 Å². The van der Waals surface area contributed by atoms with Gasteiger partial charge < -0.3 is 11.1 Å². The molecule has 1 aromatic rings. The van der Waals surface area contributed by atoms with E-state index in [0.29, 0.717) is 11.3 Å². The van der Waals surface area contributed by atoms with E-state index in [9.17, 15) is 13.2 Å². The minimum Gasteiger partial charge on any atom is -0.399 e. The third kappa shape index (κ3) is 4.53. The van der Waals surface area contributed by atoms with Crippen molar-refractivity contribution in [3.05, 3.63) is 23.8 Å². The maximum atomic E-state index is 12.0. The number of nitrogen functional groups attached to an aromatic ring is 1. The number of carbonyl (C=O) groups is 1. The van der Waals surface area contributed by atoms with Gasteiger partial charge in [-0.3, -0.25) is 4.79 Å². The van der Waals surface area contributed by atoms with Crippen molar-refractivity contribution in [3.8, 4) is 0 Å². The lowest BCUT2D eigenvalue weighted by atomic mass is 10.2. The van der Waals surface area contributed by atoms with Gasteiger partial charge in [0.1, 0.15) is 0 Å². The molecule has 7 heteroatoms. The SMILES string of the molecule is Cc1cc(S(=O)(=O)NCC(=O)NC(C)C)ccc1N. The molecule has 0 radical (unpaired) electrons. The lowest BCUT2D eigenvalue weighted by Gasteiger charge is -2.10. The van der Waals surface area contributed by atoms with E-state index >= 15 is 0 Å². The van der Waals surface area contributed by atoms with Crippen LogP contribution in [0.2, 0.25) is 0 Å². The van der Waals surface area contributed by atoms with E-state index in [2.05, 4.69) is 10.0 Å². The molecule has 0 spiro atoms. The number of hydrogen-bond donors (Lipinski definition) is 3. The number of nitrogens with one attached hydrogen (secondary N) is 2. The molecule has 4 N–H and O–H groups in total. The molecule has 0 saturated carbocycles. The number of benzene rings is 1. The summed E-state index contributed by atoms with van der Waals surface area (Å²) in [6.07, 6.45) is 0. The van der Waals surface area contributed by atoms with Crippen LogP contribution in [-0.4, -0.2) is 26.9 Å². The molecule has 0 aliphatic heterocycles. The topological polar surface area (TPSA) is 101 Å². The van der Waals surface area contributed by atoms with Gasteiger partial charge in [-0.25, -0.2) is 13.1 Å². The molecule has 0 heterocycles. The lowest BCUT2D eigenvalue weighted by Crippen LogP contribution is -2.39. The zero-order valence-corrected chi connectivity index (χ0v) is 12.0. The van der Waals surface area contributed by atoms with E-state index in [4.69, 9.17) is 5.73 Å². The molecule has 0 unspecified atom stereocenters. The van der Waals surface area contributed by atoms with Crippen LogP contribution in [0.15, 0.2) is 23.1 Å². The molecule has 0 atom stereocenters. The summed E-state index contributed by atoms with van der Waals surface area (Å²) in [6, 6.07) is 4.37. The van der Waals surface area contributed by atoms with Crippen LogP contribution in [0.4, 0.5) is 5.69 Å². The van der Waals surface area contributed by atoms with Crippen LogP contribution >= 0.6 is 0 Å². The highest BCUT2D eigenvalue weighted by molar-refractivity contribution is 7.89. The van der Waals surface area contributed by atoms with Crippen molar-refractivity contribution in [3.63, 3.8) is 0 Å². The van der Waals surface area contributed by atoms with Crippen molar-refractivity contribution in [2.75, 3.05) is 12.3 Å². The van der Waals surface area contributed by atoms with E-state index in [1.807, 2.05) is 0 Å². The fourth-order valence-corrected chi connectivity index (χ4v) is 2.50. The molecular formula is C12H19N3O3S. The van der Waals surface area contributed by atoms with Crippen LogP contribution in [0, 0.1) is 6.92 Å². The first-order chi connectivity index (χ1) is 8.72. The summed E-state index contributed by atoms with van der Waals surface area (Å²) < 4.78 is 26.2. The fraction of sp³-hybridized carbons (Fsp3) is 0.417. The lowest BCUT2D eigenvalue weighted by molar-refractivity contribution is -0.120. The average Bonchev–Trinajstić information content (AvgIpc) is 2.29. The number of sulfonamides is 1. The summed E-state index contributed by atoms with van der Waals surface area (Å²) in [7, 11) is -3.70. The Balaban J connectivity index is 2.76. The molecule has 0 saturated heterocycles. The third-order valence-electron chi connectivity index (χ3n) is 2.42. The van der Waals surface area contributed by atoms with E-state index in [1.54, 1.807) is 20.8 Å². The van der Waals surface area contributed by atoms with E-state index in [-0.39, 0.29) is 23.4 Å². The van der Waals surface area contributed by atoms with Crippen molar-refractivity contribution >= 4 is 21.6 Å². The van der Waals surface area contributed by atoms with Crippen molar-refractivity contribution in [1.82, 2.24) is 10.0 Å². The second-order valence-corrected chi connectivity index (χ2v) is 6.33. The first-order valence-electron chi connectivity index (χ1n) is 5.87. The second-order valence-electron chi connectivity index (χ2n) is 4.57. The van der Waals surface area contributed by atoms with Gasteiger partial charge in [0.05, 0.1) is 11.4 Å². The Morgan fingerprint density at radius 1 is 1.37 bits per heavy atom. The maximum Gasteiger partial charge on any atom is 0.241 e.